The van der Waals surface area contributed by atoms with E-state index in [9.17, 15) is 9.18 Å². The van der Waals surface area contributed by atoms with Crippen molar-refractivity contribution in [3.05, 3.63) is 53.0 Å². The molecule has 2 aromatic rings. The van der Waals surface area contributed by atoms with Gasteiger partial charge in [-0.3, -0.25) is 4.79 Å². The average Bonchev–Trinajstić information content (AvgIpc) is 3.40. The number of hydrogen-bond acceptors (Lipinski definition) is 4. The molecule has 1 heterocycles. The van der Waals surface area contributed by atoms with E-state index >= 15 is 0 Å². The first-order valence-corrected chi connectivity index (χ1v) is 7.67. The molecular formula is C17H19FN4O. The summed E-state index contributed by atoms with van der Waals surface area (Å²) < 4.78 is 13.5. The van der Waals surface area contributed by atoms with Gasteiger partial charge in [-0.2, -0.15) is 0 Å². The molecule has 2 N–H and O–H groups in total. The van der Waals surface area contributed by atoms with Crippen LogP contribution in [0, 0.1) is 18.7 Å². The van der Waals surface area contributed by atoms with Crippen molar-refractivity contribution in [1.82, 2.24) is 15.5 Å². The van der Waals surface area contributed by atoms with Crippen LogP contribution in [0.4, 0.5) is 10.2 Å². The molecular weight excluding hydrogens is 295 g/mol. The van der Waals surface area contributed by atoms with Gasteiger partial charge >= 0.3 is 0 Å². The smallest absolute Gasteiger partial charge is 0.271 e. The van der Waals surface area contributed by atoms with Gasteiger partial charge in [0.05, 0.1) is 6.04 Å². The van der Waals surface area contributed by atoms with Crippen LogP contribution in [-0.4, -0.2) is 23.2 Å². The number of amides is 1. The summed E-state index contributed by atoms with van der Waals surface area (Å²) in [5.74, 6) is 0.659. The SMILES string of the molecule is CNC(=O)c1ccc(NC(c2ccc(F)c(C)c2)C2CC2)nn1. The maximum absolute atomic E-state index is 13.5. The Bertz CT molecular complexity index is 713. The number of nitrogens with zero attached hydrogens (tertiary/aromatic N) is 2. The highest BCUT2D eigenvalue weighted by Crippen LogP contribution is 2.42. The number of carbonyl (C=O) groups is 1. The van der Waals surface area contributed by atoms with Crippen LogP contribution in [0.15, 0.2) is 30.3 Å². The number of aromatic nitrogens is 2. The van der Waals surface area contributed by atoms with Crippen LogP contribution in [0.5, 0.6) is 0 Å². The predicted molar refractivity (Wildman–Crippen MR) is 85.6 cm³/mol. The van der Waals surface area contributed by atoms with Crippen LogP contribution < -0.4 is 10.6 Å². The first kappa shape index (κ1) is 15.4. The van der Waals surface area contributed by atoms with E-state index in [2.05, 4.69) is 20.8 Å². The molecule has 1 saturated carbocycles. The van der Waals surface area contributed by atoms with Gasteiger partial charge in [0.2, 0.25) is 0 Å². The molecule has 1 unspecified atom stereocenters. The van der Waals surface area contributed by atoms with E-state index in [4.69, 9.17) is 0 Å². The fourth-order valence-corrected chi connectivity index (χ4v) is 2.58. The molecule has 0 spiro atoms. The van der Waals surface area contributed by atoms with Crippen LogP contribution in [0.2, 0.25) is 0 Å². The lowest BCUT2D eigenvalue weighted by Gasteiger charge is -2.19. The number of carbonyl (C=O) groups excluding carboxylic acids is 1. The predicted octanol–water partition coefficient (Wildman–Crippen LogP) is 2.85. The molecule has 5 nitrogen and oxygen atoms in total. The molecule has 1 aromatic carbocycles. The molecule has 0 radical (unpaired) electrons. The summed E-state index contributed by atoms with van der Waals surface area (Å²) in [6, 6.07) is 8.64. The Morgan fingerprint density at radius 2 is 2.04 bits per heavy atom. The molecule has 23 heavy (non-hydrogen) atoms. The molecule has 6 heteroatoms. The van der Waals surface area contributed by atoms with Crippen LogP contribution in [0.25, 0.3) is 0 Å². The van der Waals surface area contributed by atoms with Gasteiger partial charge < -0.3 is 10.6 Å². The lowest BCUT2D eigenvalue weighted by molar-refractivity contribution is 0.0957. The van der Waals surface area contributed by atoms with Gasteiger partial charge in [-0.1, -0.05) is 12.1 Å². The Hall–Kier alpha value is -2.50. The van der Waals surface area contributed by atoms with E-state index in [1.54, 1.807) is 26.1 Å². The minimum absolute atomic E-state index is 0.0782. The second kappa shape index (κ2) is 6.32. The summed E-state index contributed by atoms with van der Waals surface area (Å²) in [6.07, 6.45) is 2.27. The molecule has 1 atom stereocenters. The number of anilines is 1. The minimum Gasteiger partial charge on any atom is -0.361 e. The molecule has 3 rings (SSSR count). The second-order valence-electron chi connectivity index (χ2n) is 5.85. The third kappa shape index (κ3) is 3.47. The van der Waals surface area contributed by atoms with E-state index in [0.29, 0.717) is 17.3 Å². The summed E-state index contributed by atoms with van der Waals surface area (Å²) in [5.41, 5.74) is 1.96. The van der Waals surface area contributed by atoms with E-state index < -0.39 is 0 Å². The minimum atomic E-state index is -0.267. The van der Waals surface area contributed by atoms with Gasteiger partial charge in [-0.15, -0.1) is 10.2 Å². The zero-order valence-corrected chi connectivity index (χ0v) is 13.1. The van der Waals surface area contributed by atoms with E-state index in [-0.39, 0.29) is 23.5 Å². The van der Waals surface area contributed by atoms with Crippen molar-refractivity contribution in [2.75, 3.05) is 12.4 Å². The lowest BCUT2D eigenvalue weighted by Crippen LogP contribution is -2.20. The van der Waals surface area contributed by atoms with Gasteiger partial charge in [0, 0.05) is 7.05 Å². The van der Waals surface area contributed by atoms with Gasteiger partial charge in [-0.25, -0.2) is 4.39 Å². The van der Waals surface area contributed by atoms with Crippen molar-refractivity contribution in [3.8, 4) is 0 Å². The van der Waals surface area contributed by atoms with E-state index in [0.717, 1.165) is 18.4 Å². The van der Waals surface area contributed by atoms with Crippen LogP contribution in [0.1, 0.15) is 40.5 Å². The van der Waals surface area contributed by atoms with Gasteiger partial charge in [0.25, 0.3) is 5.91 Å². The molecule has 1 aliphatic rings. The number of benzene rings is 1. The van der Waals surface area contributed by atoms with E-state index in [1.807, 2.05) is 12.1 Å². The highest BCUT2D eigenvalue weighted by molar-refractivity contribution is 5.91. The maximum atomic E-state index is 13.5. The molecule has 120 valence electrons. The molecule has 0 aliphatic heterocycles. The van der Waals surface area contributed by atoms with Crippen LogP contribution in [-0.2, 0) is 0 Å². The van der Waals surface area contributed by atoms with Crippen molar-refractivity contribution < 1.29 is 9.18 Å². The third-order valence-electron chi connectivity index (χ3n) is 4.06. The average molecular weight is 314 g/mol. The molecule has 1 aromatic heterocycles. The Labute approximate surface area is 134 Å². The van der Waals surface area contributed by atoms with Crippen LogP contribution in [0.3, 0.4) is 0 Å². The Balaban J connectivity index is 1.80. The zero-order valence-electron chi connectivity index (χ0n) is 13.1. The van der Waals surface area contributed by atoms with Crippen molar-refractivity contribution in [1.29, 1.82) is 0 Å². The number of aryl methyl sites for hydroxylation is 1. The van der Waals surface area contributed by atoms with Gasteiger partial charge in [-0.05, 0) is 55.0 Å². The Morgan fingerprint density at radius 3 is 2.61 bits per heavy atom. The van der Waals surface area contributed by atoms with Crippen molar-refractivity contribution in [2.45, 2.75) is 25.8 Å². The lowest BCUT2D eigenvalue weighted by atomic mass is 10.00. The van der Waals surface area contributed by atoms with Crippen molar-refractivity contribution in [2.24, 2.45) is 5.92 Å². The standard InChI is InChI=1S/C17H19FN4O/c1-10-9-12(5-6-13(10)18)16(11-3-4-11)20-15-8-7-14(21-22-15)17(23)19-2/h5-9,11,16H,3-4H2,1-2H3,(H,19,23)(H,20,22). The highest BCUT2D eigenvalue weighted by Gasteiger charge is 2.32. The number of rotatable bonds is 5. The summed E-state index contributed by atoms with van der Waals surface area (Å²) >= 11 is 0. The van der Waals surface area contributed by atoms with Gasteiger partial charge in [0.1, 0.15) is 11.6 Å². The maximum Gasteiger partial charge on any atom is 0.271 e. The molecule has 1 fully saturated rings. The Kier molecular flexibility index (Phi) is 4.23. The molecule has 1 amide bonds. The largest absolute Gasteiger partial charge is 0.361 e. The number of halogens is 1. The first-order valence-electron chi connectivity index (χ1n) is 7.67. The van der Waals surface area contributed by atoms with Crippen molar-refractivity contribution in [3.63, 3.8) is 0 Å². The summed E-state index contributed by atoms with van der Waals surface area (Å²) in [5, 5.41) is 13.9. The fraction of sp³-hybridized carbons (Fsp3) is 0.353. The summed E-state index contributed by atoms with van der Waals surface area (Å²) in [4.78, 5) is 11.5. The number of hydrogen-bond donors (Lipinski definition) is 2. The first-order chi connectivity index (χ1) is 11.1. The normalized spacial score (nSPS) is 15.1. The highest BCUT2D eigenvalue weighted by atomic mass is 19.1. The molecule has 1 aliphatic carbocycles. The fourth-order valence-electron chi connectivity index (χ4n) is 2.58. The summed E-state index contributed by atoms with van der Waals surface area (Å²) in [7, 11) is 1.55. The van der Waals surface area contributed by atoms with Crippen LogP contribution >= 0.6 is 0 Å². The quantitative estimate of drug-likeness (QED) is 0.890. The van der Waals surface area contributed by atoms with Gasteiger partial charge in [0.15, 0.2) is 5.69 Å². The Morgan fingerprint density at radius 1 is 1.26 bits per heavy atom. The monoisotopic (exact) mass is 314 g/mol. The molecule has 0 bridgehead atoms. The second-order valence-corrected chi connectivity index (χ2v) is 5.85. The summed E-state index contributed by atoms with van der Waals surface area (Å²) in [6.45, 7) is 1.76. The zero-order chi connectivity index (χ0) is 16.4. The van der Waals surface area contributed by atoms with Crippen molar-refractivity contribution >= 4 is 11.7 Å². The molecule has 0 saturated heterocycles. The topological polar surface area (TPSA) is 66.9 Å². The van der Waals surface area contributed by atoms with E-state index in [1.165, 1.54) is 6.07 Å². The number of nitrogens with one attached hydrogen (secondary N) is 2. The third-order valence-corrected chi connectivity index (χ3v) is 4.06.